The molecule has 1 N–H and O–H groups in total. The summed E-state index contributed by atoms with van der Waals surface area (Å²) in [4.78, 5) is 16.9. The van der Waals surface area contributed by atoms with E-state index in [4.69, 9.17) is 9.26 Å². The maximum Gasteiger partial charge on any atom is 0.234 e. The van der Waals surface area contributed by atoms with Gasteiger partial charge in [-0.15, -0.1) is 0 Å². The van der Waals surface area contributed by atoms with Crippen molar-refractivity contribution in [3.05, 3.63) is 17.0 Å². The van der Waals surface area contributed by atoms with Gasteiger partial charge in [-0.1, -0.05) is 5.16 Å². The number of rotatable bonds is 3. The van der Waals surface area contributed by atoms with E-state index in [-0.39, 0.29) is 11.4 Å². The van der Waals surface area contributed by atoms with Crippen molar-refractivity contribution in [1.29, 1.82) is 0 Å². The lowest BCUT2D eigenvalue weighted by Gasteiger charge is -2.49. The SMILES string of the molecule is Cc1noc(C)c1CN1CCC(N2CC(=O)NCC23CCOC3)CC1. The van der Waals surface area contributed by atoms with Gasteiger partial charge in [0.2, 0.25) is 5.91 Å². The molecule has 4 rings (SSSR count). The molecule has 0 aliphatic carbocycles. The highest BCUT2D eigenvalue weighted by Crippen LogP contribution is 2.33. The molecule has 3 saturated heterocycles. The van der Waals surface area contributed by atoms with Crippen LogP contribution in [0.3, 0.4) is 0 Å². The second kappa shape index (κ2) is 6.70. The van der Waals surface area contributed by atoms with E-state index in [0.29, 0.717) is 12.6 Å². The summed E-state index contributed by atoms with van der Waals surface area (Å²) in [6.07, 6.45) is 3.21. The van der Waals surface area contributed by atoms with E-state index in [1.165, 1.54) is 5.56 Å². The number of carbonyl (C=O) groups excluding carboxylic acids is 1. The number of nitrogens with one attached hydrogen (secondary N) is 1. The van der Waals surface area contributed by atoms with Gasteiger partial charge in [-0.25, -0.2) is 0 Å². The molecular weight excluding hydrogens is 320 g/mol. The first-order valence-electron chi connectivity index (χ1n) is 9.33. The monoisotopic (exact) mass is 348 g/mol. The molecular formula is C18H28N4O3. The van der Waals surface area contributed by atoms with Gasteiger partial charge >= 0.3 is 0 Å². The summed E-state index contributed by atoms with van der Waals surface area (Å²) in [5.74, 6) is 1.07. The molecule has 0 saturated carbocycles. The molecule has 1 spiro atoms. The fourth-order valence-electron chi connectivity index (χ4n) is 4.56. The quantitative estimate of drug-likeness (QED) is 0.873. The van der Waals surface area contributed by atoms with Crippen LogP contribution in [-0.2, 0) is 16.1 Å². The van der Waals surface area contributed by atoms with Crippen molar-refractivity contribution in [2.24, 2.45) is 0 Å². The van der Waals surface area contributed by atoms with Crippen LogP contribution >= 0.6 is 0 Å². The highest BCUT2D eigenvalue weighted by Gasteiger charge is 2.47. The van der Waals surface area contributed by atoms with Crippen LogP contribution in [0, 0.1) is 13.8 Å². The number of nitrogens with zero attached hydrogens (tertiary/aromatic N) is 3. The second-order valence-electron chi connectivity index (χ2n) is 7.74. The minimum Gasteiger partial charge on any atom is -0.379 e. The summed E-state index contributed by atoms with van der Waals surface area (Å²) >= 11 is 0. The van der Waals surface area contributed by atoms with E-state index >= 15 is 0 Å². The van der Waals surface area contributed by atoms with Gasteiger partial charge in [0.25, 0.3) is 0 Å². The lowest BCUT2D eigenvalue weighted by atomic mass is 9.89. The number of likely N-dealkylation sites (tertiary alicyclic amines) is 1. The molecule has 1 amide bonds. The molecule has 25 heavy (non-hydrogen) atoms. The molecule has 7 heteroatoms. The minimum atomic E-state index is 0.0163. The van der Waals surface area contributed by atoms with E-state index in [1.54, 1.807) is 0 Å². The van der Waals surface area contributed by atoms with Crippen molar-refractivity contribution in [2.45, 2.75) is 51.2 Å². The lowest BCUT2D eigenvalue weighted by molar-refractivity contribution is -0.131. The van der Waals surface area contributed by atoms with E-state index in [1.807, 2.05) is 13.8 Å². The molecule has 0 radical (unpaired) electrons. The fourth-order valence-corrected chi connectivity index (χ4v) is 4.56. The summed E-state index contributed by atoms with van der Waals surface area (Å²) < 4.78 is 11.0. The average Bonchev–Trinajstić information content (AvgIpc) is 3.21. The number of carbonyl (C=O) groups is 1. The molecule has 7 nitrogen and oxygen atoms in total. The third kappa shape index (κ3) is 3.20. The zero-order valence-corrected chi connectivity index (χ0v) is 15.2. The number of piperidine rings is 1. The number of aromatic nitrogens is 1. The van der Waals surface area contributed by atoms with Crippen molar-refractivity contribution < 1.29 is 14.1 Å². The van der Waals surface area contributed by atoms with E-state index < -0.39 is 0 Å². The molecule has 0 bridgehead atoms. The largest absolute Gasteiger partial charge is 0.379 e. The van der Waals surface area contributed by atoms with Crippen LogP contribution in [0.5, 0.6) is 0 Å². The first kappa shape index (κ1) is 17.0. The molecule has 3 aliphatic rings. The molecule has 3 aliphatic heterocycles. The number of aryl methyl sites for hydroxylation is 2. The Balaban J connectivity index is 1.40. The van der Waals surface area contributed by atoms with Crippen LogP contribution in [0.4, 0.5) is 0 Å². The van der Waals surface area contributed by atoms with Gasteiger partial charge in [0, 0.05) is 31.3 Å². The summed E-state index contributed by atoms with van der Waals surface area (Å²) in [7, 11) is 0. The maximum absolute atomic E-state index is 12.0. The number of hydrogen-bond donors (Lipinski definition) is 1. The zero-order valence-electron chi connectivity index (χ0n) is 15.2. The Morgan fingerprint density at radius 3 is 2.76 bits per heavy atom. The molecule has 4 heterocycles. The van der Waals surface area contributed by atoms with Crippen LogP contribution in [0.15, 0.2) is 4.52 Å². The minimum absolute atomic E-state index is 0.0163. The van der Waals surface area contributed by atoms with Crippen molar-refractivity contribution in [3.8, 4) is 0 Å². The normalized spacial score (nSPS) is 29.4. The Bertz CT molecular complexity index is 611. The van der Waals surface area contributed by atoms with Crippen molar-refractivity contribution in [2.75, 3.05) is 39.4 Å². The van der Waals surface area contributed by atoms with Gasteiger partial charge in [0.15, 0.2) is 0 Å². The smallest absolute Gasteiger partial charge is 0.234 e. The first-order chi connectivity index (χ1) is 12.1. The van der Waals surface area contributed by atoms with Crippen LogP contribution in [0.2, 0.25) is 0 Å². The zero-order chi connectivity index (χ0) is 17.4. The van der Waals surface area contributed by atoms with Crippen LogP contribution < -0.4 is 5.32 Å². The lowest BCUT2D eigenvalue weighted by Crippen LogP contribution is -2.67. The number of amides is 1. The Morgan fingerprint density at radius 1 is 1.32 bits per heavy atom. The molecule has 1 atom stereocenters. The third-order valence-corrected chi connectivity index (χ3v) is 6.18. The van der Waals surface area contributed by atoms with Crippen molar-refractivity contribution >= 4 is 5.91 Å². The Labute approximate surface area is 148 Å². The third-order valence-electron chi connectivity index (χ3n) is 6.18. The molecule has 1 unspecified atom stereocenters. The molecule has 138 valence electrons. The van der Waals surface area contributed by atoms with Crippen molar-refractivity contribution in [3.63, 3.8) is 0 Å². The van der Waals surface area contributed by atoms with E-state index in [2.05, 4.69) is 20.3 Å². The summed E-state index contributed by atoms with van der Waals surface area (Å²) in [6.45, 7) is 9.77. The molecule has 1 aromatic rings. The van der Waals surface area contributed by atoms with Gasteiger partial charge in [-0.05, 0) is 46.2 Å². The Hall–Kier alpha value is -1.44. The average molecular weight is 348 g/mol. The topological polar surface area (TPSA) is 70.8 Å². The van der Waals surface area contributed by atoms with Crippen LogP contribution in [-0.4, -0.2) is 71.8 Å². The van der Waals surface area contributed by atoms with Crippen molar-refractivity contribution in [1.82, 2.24) is 20.3 Å². The highest BCUT2D eigenvalue weighted by molar-refractivity contribution is 5.79. The van der Waals surface area contributed by atoms with Gasteiger partial charge in [-0.3, -0.25) is 14.6 Å². The van der Waals surface area contributed by atoms with Gasteiger partial charge in [0.1, 0.15) is 5.76 Å². The summed E-state index contributed by atoms with van der Waals surface area (Å²) in [5, 5.41) is 7.10. The van der Waals surface area contributed by atoms with Gasteiger partial charge in [0.05, 0.1) is 24.4 Å². The summed E-state index contributed by atoms with van der Waals surface area (Å²) in [6, 6.07) is 0.466. The van der Waals surface area contributed by atoms with Gasteiger partial charge < -0.3 is 14.6 Å². The molecule has 1 aromatic heterocycles. The fraction of sp³-hybridized carbons (Fsp3) is 0.778. The van der Waals surface area contributed by atoms with E-state index in [9.17, 15) is 4.79 Å². The van der Waals surface area contributed by atoms with Crippen LogP contribution in [0.1, 0.15) is 36.3 Å². The maximum atomic E-state index is 12.0. The van der Waals surface area contributed by atoms with Gasteiger partial charge in [-0.2, -0.15) is 0 Å². The standard InChI is InChI=1S/C18H28N4O3/c1-13-16(14(2)25-20-13)9-21-6-3-15(4-7-21)22-10-17(23)19-11-18(22)5-8-24-12-18/h15H,3-12H2,1-2H3,(H,19,23). The first-order valence-corrected chi connectivity index (χ1v) is 9.33. The predicted molar refractivity (Wildman–Crippen MR) is 92.2 cm³/mol. The number of ether oxygens (including phenoxy) is 1. The Kier molecular flexibility index (Phi) is 4.56. The summed E-state index contributed by atoms with van der Waals surface area (Å²) in [5.41, 5.74) is 2.23. The number of hydrogen-bond acceptors (Lipinski definition) is 6. The van der Waals surface area contributed by atoms with Crippen LogP contribution in [0.25, 0.3) is 0 Å². The highest BCUT2D eigenvalue weighted by atomic mass is 16.5. The molecule has 3 fully saturated rings. The Morgan fingerprint density at radius 2 is 2.12 bits per heavy atom. The number of piperazine rings is 1. The second-order valence-corrected chi connectivity index (χ2v) is 7.74. The predicted octanol–water partition coefficient (Wildman–Crippen LogP) is 0.847. The van der Waals surface area contributed by atoms with E-state index in [0.717, 1.165) is 70.1 Å². The molecule has 0 aromatic carbocycles.